The molecule has 0 heterocycles. The Morgan fingerprint density at radius 1 is 0.931 bits per heavy atom. The van der Waals surface area contributed by atoms with Crippen LogP contribution in [0.5, 0.6) is 0 Å². The zero-order chi connectivity index (χ0) is 22.8. The number of hydrogen-bond donors (Lipinski definition) is 3. The maximum atomic E-state index is 13.0. The second-order valence-corrected chi connectivity index (χ2v) is 8.23. The van der Waals surface area contributed by atoms with Crippen molar-refractivity contribution in [3.63, 3.8) is 0 Å². The summed E-state index contributed by atoms with van der Waals surface area (Å²) in [6.45, 7) is 11.4. The highest BCUT2D eigenvalue weighted by atomic mass is 32.1. The first kappa shape index (κ1) is 27.1. The lowest BCUT2D eigenvalue weighted by Gasteiger charge is -2.23. The second-order valence-electron chi connectivity index (χ2n) is 7.91. The molecule has 0 rings (SSSR count). The van der Waals surface area contributed by atoms with Gasteiger partial charge in [-0.3, -0.25) is 9.59 Å². The van der Waals surface area contributed by atoms with Gasteiger partial charge in [0.15, 0.2) is 17.1 Å². The van der Waals surface area contributed by atoms with Gasteiger partial charge in [-0.2, -0.15) is 12.6 Å². The number of ketones is 2. The summed E-state index contributed by atoms with van der Waals surface area (Å²) in [6, 6.07) is 0. The van der Waals surface area contributed by atoms with Gasteiger partial charge in [-0.1, -0.05) is 34.4 Å². The Kier molecular flexibility index (Phi) is 11.8. The van der Waals surface area contributed by atoms with Crippen LogP contribution >= 0.6 is 12.6 Å². The van der Waals surface area contributed by atoms with Crippen molar-refractivity contribution >= 4 is 30.2 Å². The van der Waals surface area contributed by atoms with E-state index in [9.17, 15) is 19.5 Å². The lowest BCUT2D eigenvalue weighted by Crippen LogP contribution is -2.58. The van der Waals surface area contributed by atoms with Gasteiger partial charge in [-0.25, -0.2) is 4.79 Å². The van der Waals surface area contributed by atoms with Crippen LogP contribution in [-0.4, -0.2) is 33.9 Å². The third kappa shape index (κ3) is 8.96. The number of thiol groups is 1. The van der Waals surface area contributed by atoms with Gasteiger partial charge in [-0.05, 0) is 73.3 Å². The molecular weight excluding hydrogens is 386 g/mol. The van der Waals surface area contributed by atoms with Crippen molar-refractivity contribution in [3.05, 3.63) is 46.1 Å². The molecule has 0 bridgehead atoms. The van der Waals surface area contributed by atoms with Crippen LogP contribution in [0.15, 0.2) is 46.1 Å². The molecule has 0 aliphatic rings. The SMILES string of the molecule is CC(C)=CCC/C(C)=C/C(=O)/C(C(=O)C(N)(CS)C(=O)O)=C(/C)CCC=C(C)C. The van der Waals surface area contributed by atoms with Crippen LogP contribution < -0.4 is 5.73 Å². The fourth-order valence-corrected chi connectivity index (χ4v) is 2.91. The number of aliphatic carboxylic acids is 1. The molecular formula is C23H35NO4S. The smallest absolute Gasteiger partial charge is 0.332 e. The van der Waals surface area contributed by atoms with E-state index in [0.717, 1.165) is 17.6 Å². The van der Waals surface area contributed by atoms with E-state index in [2.05, 4.69) is 18.7 Å². The van der Waals surface area contributed by atoms with Crippen LogP contribution in [0.25, 0.3) is 0 Å². The van der Waals surface area contributed by atoms with E-state index in [1.165, 1.54) is 11.6 Å². The molecule has 0 aliphatic carbocycles. The average Bonchev–Trinajstić information content (AvgIpc) is 2.59. The number of nitrogens with two attached hydrogens (primary N) is 1. The quantitative estimate of drug-likeness (QED) is 0.141. The lowest BCUT2D eigenvalue weighted by atomic mass is 9.85. The summed E-state index contributed by atoms with van der Waals surface area (Å²) in [5, 5.41) is 9.45. The summed E-state index contributed by atoms with van der Waals surface area (Å²) < 4.78 is 0. The number of allylic oxidation sites excluding steroid dienone is 7. The molecule has 3 N–H and O–H groups in total. The van der Waals surface area contributed by atoms with Gasteiger partial charge in [0.25, 0.3) is 0 Å². The highest BCUT2D eigenvalue weighted by Crippen LogP contribution is 2.22. The van der Waals surface area contributed by atoms with Crippen LogP contribution in [0.4, 0.5) is 0 Å². The van der Waals surface area contributed by atoms with E-state index >= 15 is 0 Å². The predicted octanol–water partition coefficient (Wildman–Crippen LogP) is 4.59. The molecule has 162 valence electrons. The molecule has 0 saturated carbocycles. The minimum Gasteiger partial charge on any atom is -0.480 e. The minimum atomic E-state index is -2.24. The standard InChI is InChI=1S/C23H35NO4S/c1-15(2)9-7-11-17(5)13-19(25)20(18(6)12-8-10-16(3)4)21(26)23(24,14-29)22(27)28/h9-10,13,29H,7-8,11-12,14,24H2,1-6H3,(H,27,28)/b17-13+,20-18+. The average molecular weight is 422 g/mol. The number of carboxylic acid groups (broad SMARTS) is 1. The Labute approximate surface area is 180 Å². The highest BCUT2D eigenvalue weighted by Gasteiger charge is 2.44. The molecule has 0 aromatic heterocycles. The van der Waals surface area contributed by atoms with Crippen molar-refractivity contribution in [3.8, 4) is 0 Å². The fraction of sp³-hybridized carbons (Fsp3) is 0.522. The van der Waals surface area contributed by atoms with E-state index in [4.69, 9.17) is 5.73 Å². The van der Waals surface area contributed by atoms with Crippen molar-refractivity contribution in [2.45, 2.75) is 72.8 Å². The molecule has 29 heavy (non-hydrogen) atoms. The summed E-state index contributed by atoms with van der Waals surface area (Å²) in [4.78, 5) is 37.6. The van der Waals surface area contributed by atoms with Gasteiger partial charge < -0.3 is 10.8 Å². The second kappa shape index (κ2) is 12.6. The Morgan fingerprint density at radius 2 is 1.41 bits per heavy atom. The molecule has 5 nitrogen and oxygen atoms in total. The van der Waals surface area contributed by atoms with Crippen molar-refractivity contribution in [2.75, 3.05) is 5.75 Å². The molecule has 0 aromatic rings. The van der Waals surface area contributed by atoms with Gasteiger partial charge in [-0.15, -0.1) is 0 Å². The summed E-state index contributed by atoms with van der Waals surface area (Å²) in [5.41, 5.74) is 7.11. The third-order valence-corrected chi connectivity index (χ3v) is 4.98. The maximum absolute atomic E-state index is 13.0. The van der Waals surface area contributed by atoms with Gasteiger partial charge in [0.05, 0.1) is 5.57 Å². The van der Waals surface area contributed by atoms with Crippen LogP contribution in [0.3, 0.4) is 0 Å². The number of carbonyl (C=O) groups excluding carboxylic acids is 2. The molecule has 0 radical (unpaired) electrons. The van der Waals surface area contributed by atoms with Gasteiger partial charge in [0, 0.05) is 5.75 Å². The molecule has 0 aromatic carbocycles. The third-order valence-electron chi connectivity index (χ3n) is 4.48. The van der Waals surface area contributed by atoms with Crippen LogP contribution in [0.2, 0.25) is 0 Å². The fourth-order valence-electron chi connectivity index (χ4n) is 2.63. The molecule has 1 atom stereocenters. The first-order valence-electron chi connectivity index (χ1n) is 9.72. The number of Topliss-reactive ketones (excluding diaryl/α,β-unsaturated/α-hetero) is 1. The molecule has 0 amide bonds. The molecule has 6 heteroatoms. The Bertz CT molecular complexity index is 751. The summed E-state index contributed by atoms with van der Waals surface area (Å²) in [5.74, 6) is -3.29. The molecule has 1 unspecified atom stereocenters. The van der Waals surface area contributed by atoms with Crippen molar-refractivity contribution in [2.24, 2.45) is 5.73 Å². The summed E-state index contributed by atoms with van der Waals surface area (Å²) in [7, 11) is 0. The molecule has 0 saturated heterocycles. The van der Waals surface area contributed by atoms with Gasteiger partial charge >= 0.3 is 5.97 Å². The van der Waals surface area contributed by atoms with E-state index in [1.54, 1.807) is 6.92 Å². The predicted molar refractivity (Wildman–Crippen MR) is 122 cm³/mol. The minimum absolute atomic E-state index is 0.146. The van der Waals surface area contributed by atoms with E-state index < -0.39 is 28.8 Å². The van der Waals surface area contributed by atoms with Gasteiger partial charge in [0.2, 0.25) is 0 Å². The number of rotatable bonds is 12. The van der Waals surface area contributed by atoms with Crippen molar-refractivity contribution < 1.29 is 19.5 Å². The Morgan fingerprint density at radius 3 is 1.83 bits per heavy atom. The molecule has 0 fully saturated rings. The normalized spacial score (nSPS) is 14.4. The first-order valence-corrected chi connectivity index (χ1v) is 10.4. The Balaban J connectivity index is 6.01. The largest absolute Gasteiger partial charge is 0.480 e. The monoisotopic (exact) mass is 421 g/mol. The van der Waals surface area contributed by atoms with E-state index in [1.807, 2.05) is 40.7 Å². The highest BCUT2D eigenvalue weighted by molar-refractivity contribution is 7.80. The number of carboxylic acids is 1. The maximum Gasteiger partial charge on any atom is 0.332 e. The molecule has 0 aliphatic heterocycles. The van der Waals surface area contributed by atoms with Crippen molar-refractivity contribution in [1.82, 2.24) is 0 Å². The zero-order valence-electron chi connectivity index (χ0n) is 18.5. The lowest BCUT2D eigenvalue weighted by molar-refractivity contribution is -0.146. The number of carbonyl (C=O) groups is 3. The van der Waals surface area contributed by atoms with Crippen LogP contribution in [0.1, 0.15) is 67.2 Å². The topological polar surface area (TPSA) is 97.5 Å². The molecule has 0 spiro atoms. The van der Waals surface area contributed by atoms with Crippen LogP contribution in [-0.2, 0) is 14.4 Å². The summed E-state index contributed by atoms with van der Waals surface area (Å²) in [6.07, 6.45) is 8.06. The van der Waals surface area contributed by atoms with Gasteiger partial charge in [0.1, 0.15) is 0 Å². The van der Waals surface area contributed by atoms with Crippen LogP contribution in [0, 0.1) is 0 Å². The van der Waals surface area contributed by atoms with Crippen molar-refractivity contribution in [1.29, 1.82) is 0 Å². The summed E-state index contributed by atoms with van der Waals surface area (Å²) >= 11 is 3.95. The first-order chi connectivity index (χ1) is 13.4. The van der Waals surface area contributed by atoms with E-state index in [0.29, 0.717) is 24.8 Å². The Hall–Kier alpha value is -1.92. The zero-order valence-corrected chi connectivity index (χ0v) is 19.4. The van der Waals surface area contributed by atoms with E-state index in [-0.39, 0.29) is 5.57 Å². The number of hydrogen-bond acceptors (Lipinski definition) is 5.